The Bertz CT molecular complexity index is 110. The van der Waals surface area contributed by atoms with Crippen LogP contribution in [0.15, 0.2) is 12.2 Å². The van der Waals surface area contributed by atoms with Gasteiger partial charge >= 0.3 is 11.7 Å². The molecule has 0 unspecified atom stereocenters. The van der Waals surface area contributed by atoms with Crippen LogP contribution >= 0.6 is 0 Å². The number of hydrogen-bond acceptors (Lipinski definition) is 1. The van der Waals surface area contributed by atoms with Gasteiger partial charge in [-0.25, -0.2) is 0 Å². The van der Waals surface area contributed by atoms with E-state index < -0.39 is 0 Å². The summed E-state index contributed by atoms with van der Waals surface area (Å²) in [4.78, 5) is 0. The van der Waals surface area contributed by atoms with Crippen LogP contribution in [0.3, 0.4) is 0 Å². The topological polar surface area (TPSA) is 17.1 Å². The van der Waals surface area contributed by atoms with Crippen LogP contribution in [0.1, 0.15) is 39.0 Å². The van der Waals surface area contributed by atoms with Crippen molar-refractivity contribution in [3.8, 4) is 0 Å². The van der Waals surface area contributed by atoms with Gasteiger partial charge in [0.15, 0.2) is 0 Å². The van der Waals surface area contributed by atoms with E-state index in [1.807, 2.05) is 0 Å². The van der Waals surface area contributed by atoms with Crippen LogP contribution in [-0.2, 0) is 15.9 Å². The van der Waals surface area contributed by atoms with E-state index in [1.165, 1.54) is 12.8 Å². The minimum Gasteiger partial charge on any atom is -0.0885 e. The van der Waals surface area contributed by atoms with E-state index in [9.17, 15) is 4.21 Å². The van der Waals surface area contributed by atoms with Crippen LogP contribution in [0.25, 0.3) is 0 Å². The summed E-state index contributed by atoms with van der Waals surface area (Å²) in [6.45, 7) is 2.18. The van der Waals surface area contributed by atoms with Gasteiger partial charge in [0.1, 0.15) is 0 Å². The van der Waals surface area contributed by atoms with Crippen LogP contribution in [0.4, 0.5) is 0 Å². The zero-order valence-corrected chi connectivity index (χ0v) is 8.03. The third-order valence-electron chi connectivity index (χ3n) is 1.47. The van der Waals surface area contributed by atoms with Gasteiger partial charge in [0, 0.05) is 10.6 Å². The quantitative estimate of drug-likeness (QED) is 0.328. The molecule has 0 heterocycles. The maximum Gasteiger partial charge on any atom is 0.458 e. The fourth-order valence-corrected chi connectivity index (χ4v) is 1.15. The predicted octanol–water partition coefficient (Wildman–Crippen LogP) is 2.94. The van der Waals surface area contributed by atoms with E-state index in [-0.39, 0.29) is 0 Å². The van der Waals surface area contributed by atoms with Crippen molar-refractivity contribution < 1.29 is 4.21 Å². The summed E-state index contributed by atoms with van der Waals surface area (Å²) in [5.41, 5.74) is 0. The maximum atomic E-state index is 9.96. The molecular weight excluding hydrogens is 156 g/mol. The molecule has 0 amide bonds. The first kappa shape index (κ1) is 10.8. The third kappa shape index (κ3) is 9.76. The van der Waals surface area contributed by atoms with Gasteiger partial charge in [-0.3, -0.25) is 0 Å². The molecule has 0 aliphatic carbocycles. The summed E-state index contributed by atoms with van der Waals surface area (Å²) >= 11 is 0.696. The number of unbranched alkanes of at least 4 members (excludes halogenated alkanes) is 3. The monoisotopic (exact) mass is 173 g/mol. The first-order valence-electron chi connectivity index (χ1n) is 4.31. The molecule has 0 aliphatic rings. The predicted molar refractivity (Wildman–Crippen MR) is 50.8 cm³/mol. The van der Waals surface area contributed by atoms with E-state index in [1.54, 1.807) is 0 Å². The minimum atomic E-state index is 0.696. The van der Waals surface area contributed by atoms with Gasteiger partial charge in [0.05, 0.1) is 0 Å². The lowest BCUT2D eigenvalue weighted by atomic mass is 10.2. The second kappa shape index (κ2) is 9.76. The van der Waals surface area contributed by atoms with Gasteiger partial charge in [0.2, 0.25) is 5.75 Å². The lowest BCUT2D eigenvalue weighted by Gasteiger charge is -1.87. The average Bonchev–Trinajstić information content (AvgIpc) is 2.03. The first-order chi connectivity index (χ1) is 5.41. The molecule has 0 aromatic heterocycles. The number of allylic oxidation sites excluding steroid dienone is 2. The zero-order chi connectivity index (χ0) is 8.36. The van der Waals surface area contributed by atoms with Gasteiger partial charge in [-0.15, -0.1) is 0 Å². The van der Waals surface area contributed by atoms with Gasteiger partial charge in [-0.05, 0) is 19.3 Å². The SMILES string of the molecule is CCCC=CCCCC[S+]=O. The molecule has 0 aromatic rings. The van der Waals surface area contributed by atoms with E-state index in [2.05, 4.69) is 19.1 Å². The lowest BCUT2D eigenvalue weighted by Crippen LogP contribution is -1.80. The Balaban J connectivity index is 2.94. The van der Waals surface area contributed by atoms with Crippen LogP contribution in [0.5, 0.6) is 0 Å². The zero-order valence-electron chi connectivity index (χ0n) is 7.21. The number of rotatable bonds is 7. The molecule has 0 atom stereocenters. The van der Waals surface area contributed by atoms with Crippen LogP contribution in [0, 0.1) is 0 Å². The summed E-state index contributed by atoms with van der Waals surface area (Å²) < 4.78 is 9.96. The van der Waals surface area contributed by atoms with Crippen LogP contribution in [-0.4, -0.2) is 5.75 Å². The largest absolute Gasteiger partial charge is 0.458 e. The molecule has 0 saturated heterocycles. The molecule has 0 aliphatic heterocycles. The standard InChI is InChI=1S/C9H17OS/c1-2-3-4-5-6-7-8-9-11-10/h4-5H,2-3,6-9H2,1H3/q+1. The normalized spacial score (nSPS) is 10.6. The van der Waals surface area contributed by atoms with Crippen molar-refractivity contribution in [2.24, 2.45) is 0 Å². The van der Waals surface area contributed by atoms with Crippen molar-refractivity contribution >= 4 is 11.7 Å². The van der Waals surface area contributed by atoms with Gasteiger partial charge < -0.3 is 0 Å². The summed E-state index contributed by atoms with van der Waals surface area (Å²) in [6, 6.07) is 0. The van der Waals surface area contributed by atoms with Gasteiger partial charge in [-0.2, -0.15) is 0 Å². The van der Waals surface area contributed by atoms with Crippen molar-refractivity contribution in [3.63, 3.8) is 0 Å². The molecule has 0 saturated carbocycles. The van der Waals surface area contributed by atoms with E-state index in [0.717, 1.165) is 25.0 Å². The Kier molecular flexibility index (Phi) is 9.55. The Hall–Kier alpha value is -0.240. The summed E-state index contributed by atoms with van der Waals surface area (Å²) in [6.07, 6.45) is 10.2. The van der Waals surface area contributed by atoms with Crippen LogP contribution < -0.4 is 0 Å². The Labute approximate surface area is 73.4 Å². The second-order valence-electron chi connectivity index (χ2n) is 2.58. The van der Waals surface area contributed by atoms with E-state index in [0.29, 0.717) is 11.7 Å². The fourth-order valence-electron chi connectivity index (χ4n) is 0.826. The van der Waals surface area contributed by atoms with Crippen molar-refractivity contribution in [3.05, 3.63) is 12.2 Å². The smallest absolute Gasteiger partial charge is 0.0885 e. The Morgan fingerprint density at radius 3 is 2.55 bits per heavy atom. The molecule has 2 heteroatoms. The van der Waals surface area contributed by atoms with Crippen molar-refractivity contribution in [2.45, 2.75) is 39.0 Å². The van der Waals surface area contributed by atoms with Gasteiger partial charge in [0.25, 0.3) is 0 Å². The minimum absolute atomic E-state index is 0.696. The average molecular weight is 173 g/mol. The van der Waals surface area contributed by atoms with Crippen molar-refractivity contribution in [1.29, 1.82) is 0 Å². The summed E-state index contributed by atoms with van der Waals surface area (Å²) in [5.74, 6) is 0.765. The first-order valence-corrected chi connectivity index (χ1v) is 5.22. The molecule has 0 aromatic carbocycles. The summed E-state index contributed by atoms with van der Waals surface area (Å²) in [7, 11) is 0. The molecule has 0 radical (unpaired) electrons. The molecule has 0 N–H and O–H groups in total. The fraction of sp³-hybridized carbons (Fsp3) is 0.778. The molecule has 0 spiro atoms. The molecular formula is C9H17OS+. The lowest BCUT2D eigenvalue weighted by molar-refractivity contribution is 0.603. The van der Waals surface area contributed by atoms with E-state index in [4.69, 9.17) is 0 Å². The molecule has 64 valence electrons. The molecule has 0 bridgehead atoms. The molecule has 0 fully saturated rings. The van der Waals surface area contributed by atoms with Gasteiger partial charge in [-0.1, -0.05) is 25.5 Å². The second-order valence-corrected chi connectivity index (χ2v) is 3.22. The maximum absolute atomic E-state index is 9.96. The third-order valence-corrected chi connectivity index (χ3v) is 1.93. The highest BCUT2D eigenvalue weighted by Crippen LogP contribution is 1.97. The number of hydrogen-bond donors (Lipinski definition) is 0. The van der Waals surface area contributed by atoms with E-state index >= 15 is 0 Å². The molecule has 0 rings (SSSR count). The van der Waals surface area contributed by atoms with Crippen molar-refractivity contribution in [2.75, 3.05) is 5.75 Å². The summed E-state index contributed by atoms with van der Waals surface area (Å²) in [5, 5.41) is 0. The van der Waals surface area contributed by atoms with Crippen LogP contribution in [0.2, 0.25) is 0 Å². The molecule has 11 heavy (non-hydrogen) atoms. The van der Waals surface area contributed by atoms with Crippen molar-refractivity contribution in [1.82, 2.24) is 0 Å². The Morgan fingerprint density at radius 2 is 1.91 bits per heavy atom. The highest BCUT2D eigenvalue weighted by atomic mass is 32.1. The molecule has 1 nitrogen and oxygen atoms in total. The highest BCUT2D eigenvalue weighted by Gasteiger charge is 1.94. The highest BCUT2D eigenvalue weighted by molar-refractivity contribution is 7.65. The Morgan fingerprint density at radius 1 is 1.18 bits per heavy atom.